The molecule has 0 saturated carbocycles. The fourth-order valence-electron chi connectivity index (χ4n) is 4.89. The monoisotopic (exact) mass is 460 g/mol. The summed E-state index contributed by atoms with van der Waals surface area (Å²) in [7, 11) is 1.45. The first-order valence-electron chi connectivity index (χ1n) is 11.8. The Kier molecular flexibility index (Phi) is 6.62. The van der Waals surface area contributed by atoms with E-state index >= 15 is 0 Å². The Morgan fingerprint density at radius 3 is 1.83 bits per heavy atom. The van der Waals surface area contributed by atoms with Gasteiger partial charge in [0, 0.05) is 23.5 Å². The van der Waals surface area contributed by atoms with Crippen LogP contribution in [0.1, 0.15) is 29.6 Å². The van der Waals surface area contributed by atoms with Gasteiger partial charge in [-0.2, -0.15) is 0 Å². The van der Waals surface area contributed by atoms with Crippen molar-refractivity contribution in [2.24, 2.45) is 0 Å². The number of ether oxygens (including phenoxy) is 1. The van der Waals surface area contributed by atoms with Crippen LogP contribution < -0.4 is 10.2 Å². The van der Waals surface area contributed by atoms with E-state index in [9.17, 15) is 4.79 Å². The van der Waals surface area contributed by atoms with E-state index in [1.807, 2.05) is 72.8 Å². The molecule has 4 aromatic rings. The molecule has 4 heteroatoms. The zero-order valence-electron chi connectivity index (χ0n) is 19.7. The second-order valence-electron chi connectivity index (χ2n) is 8.56. The van der Waals surface area contributed by atoms with Crippen LogP contribution in [0.5, 0.6) is 0 Å². The predicted molar refractivity (Wildman–Crippen MR) is 141 cm³/mol. The van der Waals surface area contributed by atoms with Crippen LogP contribution in [0.25, 0.3) is 0 Å². The second-order valence-corrected chi connectivity index (χ2v) is 8.56. The Morgan fingerprint density at radius 2 is 1.26 bits per heavy atom. The molecule has 0 unspecified atom stereocenters. The molecular formula is C31H28N2O2. The molecule has 1 heterocycles. The zero-order chi connectivity index (χ0) is 24.0. The summed E-state index contributed by atoms with van der Waals surface area (Å²) in [6.45, 7) is 0. The maximum atomic E-state index is 13.4. The average Bonchev–Trinajstić information content (AvgIpc) is 2.94. The van der Waals surface area contributed by atoms with Crippen molar-refractivity contribution in [2.75, 3.05) is 17.3 Å². The zero-order valence-corrected chi connectivity index (χ0v) is 19.7. The molecule has 0 bridgehead atoms. The van der Waals surface area contributed by atoms with Gasteiger partial charge < -0.3 is 15.0 Å². The van der Waals surface area contributed by atoms with Crippen LogP contribution in [0.2, 0.25) is 0 Å². The van der Waals surface area contributed by atoms with E-state index in [4.69, 9.17) is 4.74 Å². The molecule has 0 saturated heterocycles. The van der Waals surface area contributed by atoms with Crippen LogP contribution in [0.15, 0.2) is 133 Å². The molecular weight excluding hydrogens is 432 g/mol. The van der Waals surface area contributed by atoms with E-state index < -0.39 is 0 Å². The van der Waals surface area contributed by atoms with Crippen molar-refractivity contribution in [1.29, 1.82) is 0 Å². The number of nitrogens with zero attached hydrogens (tertiary/aromatic N) is 1. The number of esters is 1. The fourth-order valence-corrected chi connectivity index (χ4v) is 4.89. The minimum Gasteiger partial charge on any atom is -0.466 e. The normalized spacial score (nSPS) is 17.7. The highest BCUT2D eigenvalue weighted by atomic mass is 16.5. The number of rotatable bonds is 6. The summed E-state index contributed by atoms with van der Waals surface area (Å²) in [5.74, 6) is -0.329. The van der Waals surface area contributed by atoms with E-state index in [1.165, 1.54) is 12.7 Å². The van der Waals surface area contributed by atoms with Gasteiger partial charge in [0.1, 0.15) is 0 Å². The van der Waals surface area contributed by atoms with Crippen molar-refractivity contribution in [2.45, 2.75) is 18.5 Å². The van der Waals surface area contributed by atoms with Crippen molar-refractivity contribution in [3.05, 3.63) is 144 Å². The lowest BCUT2D eigenvalue weighted by atomic mass is 9.84. The van der Waals surface area contributed by atoms with Gasteiger partial charge in [-0.15, -0.1) is 0 Å². The van der Waals surface area contributed by atoms with Crippen molar-refractivity contribution in [3.63, 3.8) is 0 Å². The van der Waals surface area contributed by atoms with Crippen LogP contribution in [-0.2, 0) is 9.53 Å². The first kappa shape index (κ1) is 22.5. The first-order valence-corrected chi connectivity index (χ1v) is 11.8. The third-order valence-corrected chi connectivity index (χ3v) is 6.44. The summed E-state index contributed by atoms with van der Waals surface area (Å²) in [6, 6.07) is 40.7. The number of hydrogen-bond acceptors (Lipinski definition) is 4. The number of carbonyl (C=O) groups excluding carboxylic acids is 1. The van der Waals surface area contributed by atoms with Crippen molar-refractivity contribution in [3.8, 4) is 0 Å². The molecule has 0 aromatic heterocycles. The number of anilines is 2. The Balaban J connectivity index is 1.76. The van der Waals surface area contributed by atoms with Gasteiger partial charge in [0.05, 0.1) is 24.8 Å². The number of carbonyl (C=O) groups is 1. The standard InChI is InChI=1S/C31H28N2O2/c1-35-31(34)29-27(32-25-18-10-4-11-19-25)22-28(23-14-6-2-7-15-23)33(26-20-12-5-13-21-26)30(29)24-16-8-3-9-17-24/h2-21,28,30,32H,22H2,1H3/t28-,30-/m0/s1. The molecule has 0 aliphatic carbocycles. The minimum absolute atomic E-state index is 0.00317. The third-order valence-electron chi connectivity index (χ3n) is 6.44. The highest BCUT2D eigenvalue weighted by Crippen LogP contribution is 2.47. The van der Waals surface area contributed by atoms with Gasteiger partial charge in [-0.1, -0.05) is 97.1 Å². The first-order chi connectivity index (χ1) is 17.3. The molecule has 1 aliphatic rings. The quantitative estimate of drug-likeness (QED) is 0.317. The SMILES string of the molecule is COC(=O)C1=C(Nc2ccccc2)C[C@@H](c2ccccc2)N(c2ccccc2)[C@H]1c1ccccc1. The lowest BCUT2D eigenvalue weighted by Gasteiger charge is -2.45. The average molecular weight is 461 g/mol. The number of benzene rings is 4. The third kappa shape index (κ3) is 4.69. The van der Waals surface area contributed by atoms with E-state index in [1.54, 1.807) is 0 Å². The Hall–Kier alpha value is -4.31. The maximum absolute atomic E-state index is 13.4. The van der Waals surface area contributed by atoms with Crippen LogP contribution in [0.4, 0.5) is 11.4 Å². The molecule has 4 aromatic carbocycles. The Bertz CT molecular complexity index is 1290. The van der Waals surface area contributed by atoms with Gasteiger partial charge in [0.2, 0.25) is 0 Å². The van der Waals surface area contributed by atoms with Gasteiger partial charge in [-0.05, 0) is 35.4 Å². The lowest BCUT2D eigenvalue weighted by Crippen LogP contribution is -2.41. The number of methoxy groups -OCH3 is 1. The summed E-state index contributed by atoms with van der Waals surface area (Å²) in [6.07, 6.45) is 0.627. The van der Waals surface area contributed by atoms with E-state index in [2.05, 4.69) is 58.7 Å². The van der Waals surface area contributed by atoms with Gasteiger partial charge >= 0.3 is 5.97 Å². The number of nitrogens with one attached hydrogen (secondary N) is 1. The van der Waals surface area contributed by atoms with Crippen molar-refractivity contribution in [1.82, 2.24) is 0 Å². The molecule has 4 nitrogen and oxygen atoms in total. The Labute approximate surface area is 206 Å². The number of hydrogen-bond donors (Lipinski definition) is 1. The molecule has 1 N–H and O–H groups in total. The summed E-state index contributed by atoms with van der Waals surface area (Å²) >= 11 is 0. The molecule has 174 valence electrons. The molecule has 0 spiro atoms. The van der Waals surface area contributed by atoms with Crippen LogP contribution in [-0.4, -0.2) is 13.1 Å². The van der Waals surface area contributed by atoms with Crippen molar-refractivity contribution < 1.29 is 9.53 Å². The van der Waals surface area contributed by atoms with Crippen LogP contribution in [0.3, 0.4) is 0 Å². The van der Waals surface area contributed by atoms with E-state index in [0.717, 1.165) is 22.6 Å². The smallest absolute Gasteiger partial charge is 0.337 e. The molecule has 1 aliphatic heterocycles. The molecule has 0 amide bonds. The maximum Gasteiger partial charge on any atom is 0.337 e. The summed E-state index contributed by atoms with van der Waals surface area (Å²) in [5, 5.41) is 3.57. The predicted octanol–water partition coefficient (Wildman–Crippen LogP) is 6.92. The molecule has 5 rings (SSSR count). The summed E-state index contributed by atoms with van der Waals surface area (Å²) in [5.41, 5.74) is 5.71. The summed E-state index contributed by atoms with van der Waals surface area (Å²) < 4.78 is 5.37. The second kappa shape index (κ2) is 10.3. The molecule has 2 atom stereocenters. The Morgan fingerprint density at radius 1 is 0.743 bits per heavy atom. The van der Waals surface area contributed by atoms with Gasteiger partial charge in [0.15, 0.2) is 0 Å². The van der Waals surface area contributed by atoms with E-state index in [-0.39, 0.29) is 18.1 Å². The van der Waals surface area contributed by atoms with Gasteiger partial charge in [-0.3, -0.25) is 0 Å². The molecule has 0 radical (unpaired) electrons. The number of para-hydroxylation sites is 2. The van der Waals surface area contributed by atoms with Crippen LogP contribution >= 0.6 is 0 Å². The highest BCUT2D eigenvalue weighted by Gasteiger charge is 2.41. The van der Waals surface area contributed by atoms with Crippen LogP contribution in [0, 0.1) is 0 Å². The minimum atomic E-state index is -0.337. The summed E-state index contributed by atoms with van der Waals surface area (Å²) in [4.78, 5) is 15.8. The van der Waals surface area contributed by atoms with Gasteiger partial charge in [-0.25, -0.2) is 4.79 Å². The topological polar surface area (TPSA) is 41.6 Å². The fraction of sp³-hybridized carbons (Fsp3) is 0.129. The van der Waals surface area contributed by atoms with E-state index in [0.29, 0.717) is 12.0 Å². The largest absolute Gasteiger partial charge is 0.466 e. The lowest BCUT2D eigenvalue weighted by molar-refractivity contribution is -0.136. The highest BCUT2D eigenvalue weighted by molar-refractivity contribution is 5.93. The van der Waals surface area contributed by atoms with Gasteiger partial charge in [0.25, 0.3) is 0 Å². The van der Waals surface area contributed by atoms with Crippen molar-refractivity contribution >= 4 is 17.3 Å². The molecule has 0 fully saturated rings. The molecule has 35 heavy (non-hydrogen) atoms.